The third-order valence-corrected chi connectivity index (χ3v) is 3.76. The molecule has 120 valence electrons. The zero-order valence-corrected chi connectivity index (χ0v) is 12.9. The lowest BCUT2D eigenvalue weighted by atomic mass is 10.1. The number of ether oxygens (including phenoxy) is 2. The van der Waals surface area contributed by atoms with E-state index in [4.69, 9.17) is 15.2 Å². The molecule has 0 aliphatic carbocycles. The standard InChI is InChI=1S/C17H19N3O3/c1-22-15-11-12(16-19-9-10-20(16)17(18)21)7-8-14(15)23-13-5-3-2-4-6-13/h2-8,11,16,19H,9-10H2,1H3,(H2,18,21). The first-order chi connectivity index (χ1) is 11.2. The van der Waals surface area contributed by atoms with E-state index in [0.29, 0.717) is 24.6 Å². The second-order valence-electron chi connectivity index (χ2n) is 5.21. The largest absolute Gasteiger partial charge is 0.493 e. The predicted molar refractivity (Wildman–Crippen MR) is 86.5 cm³/mol. The number of carbonyl (C=O) groups excluding carboxylic acids is 1. The molecule has 1 saturated heterocycles. The van der Waals surface area contributed by atoms with Gasteiger partial charge in [0.2, 0.25) is 0 Å². The molecule has 3 N–H and O–H groups in total. The Labute approximate surface area is 134 Å². The van der Waals surface area contributed by atoms with Gasteiger partial charge >= 0.3 is 6.03 Å². The molecule has 23 heavy (non-hydrogen) atoms. The maximum atomic E-state index is 11.5. The first kappa shape index (κ1) is 15.2. The molecule has 0 radical (unpaired) electrons. The first-order valence-corrected chi connectivity index (χ1v) is 7.39. The Bertz CT molecular complexity index is 691. The summed E-state index contributed by atoms with van der Waals surface area (Å²) in [6, 6.07) is 14.6. The number of nitrogens with two attached hydrogens (primary N) is 1. The molecule has 1 fully saturated rings. The molecular formula is C17H19N3O3. The van der Waals surface area contributed by atoms with Crippen LogP contribution < -0.4 is 20.5 Å². The Morgan fingerprint density at radius 1 is 1.22 bits per heavy atom. The number of hydrogen-bond donors (Lipinski definition) is 2. The minimum atomic E-state index is -0.441. The highest BCUT2D eigenvalue weighted by Gasteiger charge is 2.28. The molecule has 2 amide bonds. The highest BCUT2D eigenvalue weighted by molar-refractivity contribution is 5.73. The number of benzene rings is 2. The van der Waals surface area contributed by atoms with E-state index >= 15 is 0 Å². The molecule has 2 aromatic rings. The highest BCUT2D eigenvalue weighted by Crippen LogP contribution is 2.35. The third kappa shape index (κ3) is 3.22. The van der Waals surface area contributed by atoms with Crippen LogP contribution in [0.3, 0.4) is 0 Å². The number of primary amides is 1. The van der Waals surface area contributed by atoms with Gasteiger partial charge in [-0.05, 0) is 29.8 Å². The molecule has 6 heteroatoms. The molecule has 3 rings (SSSR count). The summed E-state index contributed by atoms with van der Waals surface area (Å²) >= 11 is 0. The fourth-order valence-corrected chi connectivity index (χ4v) is 2.65. The van der Waals surface area contributed by atoms with Crippen molar-refractivity contribution < 1.29 is 14.3 Å². The molecule has 0 aromatic heterocycles. The first-order valence-electron chi connectivity index (χ1n) is 7.39. The Morgan fingerprint density at radius 2 is 2.00 bits per heavy atom. The number of hydrogen-bond acceptors (Lipinski definition) is 4. The van der Waals surface area contributed by atoms with Crippen LogP contribution in [0, 0.1) is 0 Å². The minimum Gasteiger partial charge on any atom is -0.493 e. The van der Waals surface area contributed by atoms with Gasteiger partial charge in [0.05, 0.1) is 7.11 Å². The van der Waals surface area contributed by atoms with Crippen molar-refractivity contribution in [1.82, 2.24) is 10.2 Å². The number of nitrogens with zero attached hydrogens (tertiary/aromatic N) is 1. The van der Waals surface area contributed by atoms with Gasteiger partial charge in [-0.15, -0.1) is 0 Å². The summed E-state index contributed by atoms with van der Waals surface area (Å²) in [6.45, 7) is 1.29. The molecule has 0 saturated carbocycles. The maximum absolute atomic E-state index is 11.5. The minimum absolute atomic E-state index is 0.243. The van der Waals surface area contributed by atoms with Gasteiger partial charge in [0, 0.05) is 13.1 Å². The van der Waals surface area contributed by atoms with Crippen molar-refractivity contribution in [3.63, 3.8) is 0 Å². The van der Waals surface area contributed by atoms with Crippen molar-refractivity contribution in [3.8, 4) is 17.2 Å². The third-order valence-electron chi connectivity index (χ3n) is 3.76. The summed E-state index contributed by atoms with van der Waals surface area (Å²) in [5.41, 5.74) is 6.32. The van der Waals surface area contributed by atoms with Gasteiger partial charge in [-0.1, -0.05) is 24.3 Å². The Balaban J connectivity index is 1.86. The Kier molecular flexibility index (Phi) is 4.34. The summed E-state index contributed by atoms with van der Waals surface area (Å²) < 4.78 is 11.3. The summed E-state index contributed by atoms with van der Waals surface area (Å²) in [7, 11) is 1.59. The van der Waals surface area contributed by atoms with Crippen LogP contribution >= 0.6 is 0 Å². The summed E-state index contributed by atoms with van der Waals surface area (Å²) in [6.07, 6.45) is -0.243. The van der Waals surface area contributed by atoms with Crippen LogP contribution in [0.1, 0.15) is 11.7 Å². The summed E-state index contributed by atoms with van der Waals surface area (Å²) in [5, 5.41) is 3.25. The molecule has 0 spiro atoms. The van der Waals surface area contributed by atoms with Crippen molar-refractivity contribution in [3.05, 3.63) is 54.1 Å². The van der Waals surface area contributed by atoms with Crippen LogP contribution in [0.2, 0.25) is 0 Å². The molecule has 0 bridgehead atoms. The second-order valence-corrected chi connectivity index (χ2v) is 5.21. The van der Waals surface area contributed by atoms with E-state index in [1.54, 1.807) is 12.0 Å². The van der Waals surface area contributed by atoms with Gasteiger partial charge < -0.3 is 20.1 Å². The summed E-state index contributed by atoms with van der Waals surface area (Å²) in [4.78, 5) is 13.1. The SMILES string of the molecule is COc1cc(C2NCCN2C(N)=O)ccc1Oc1ccccc1. The lowest BCUT2D eigenvalue weighted by molar-refractivity contribution is 0.200. The summed E-state index contributed by atoms with van der Waals surface area (Å²) in [5.74, 6) is 1.95. The number of para-hydroxylation sites is 1. The molecule has 1 heterocycles. The van der Waals surface area contributed by atoms with Gasteiger partial charge in [-0.3, -0.25) is 5.32 Å². The Hall–Kier alpha value is -2.73. The van der Waals surface area contributed by atoms with Crippen LogP contribution in [0.15, 0.2) is 48.5 Å². The number of rotatable bonds is 4. The van der Waals surface area contributed by atoms with Crippen molar-refractivity contribution >= 4 is 6.03 Å². The van der Waals surface area contributed by atoms with Gasteiger partial charge in [0.15, 0.2) is 11.5 Å². The van der Waals surface area contributed by atoms with Crippen molar-refractivity contribution in [1.29, 1.82) is 0 Å². The fraction of sp³-hybridized carbons (Fsp3) is 0.235. The second kappa shape index (κ2) is 6.58. The fourth-order valence-electron chi connectivity index (χ4n) is 2.65. The zero-order valence-electron chi connectivity index (χ0n) is 12.9. The maximum Gasteiger partial charge on any atom is 0.316 e. The van der Waals surface area contributed by atoms with E-state index < -0.39 is 6.03 Å². The normalized spacial score (nSPS) is 17.1. The van der Waals surface area contributed by atoms with E-state index in [9.17, 15) is 4.79 Å². The molecule has 1 aliphatic rings. The van der Waals surface area contributed by atoms with Crippen molar-refractivity contribution in [2.75, 3.05) is 20.2 Å². The smallest absolute Gasteiger partial charge is 0.316 e. The number of carbonyl (C=O) groups is 1. The number of nitrogens with one attached hydrogen (secondary N) is 1. The van der Waals surface area contributed by atoms with Crippen LogP contribution in [0.4, 0.5) is 4.79 Å². The lowest BCUT2D eigenvalue weighted by Gasteiger charge is -2.23. The monoisotopic (exact) mass is 313 g/mol. The number of amides is 2. The zero-order chi connectivity index (χ0) is 16.2. The number of methoxy groups -OCH3 is 1. The molecule has 6 nitrogen and oxygen atoms in total. The van der Waals surface area contributed by atoms with Crippen LogP contribution in [0.25, 0.3) is 0 Å². The van der Waals surface area contributed by atoms with E-state index in [1.807, 2.05) is 48.5 Å². The van der Waals surface area contributed by atoms with Gasteiger partial charge in [0.1, 0.15) is 11.9 Å². The van der Waals surface area contributed by atoms with Crippen LogP contribution in [0.5, 0.6) is 17.2 Å². The molecule has 1 aliphatic heterocycles. The highest BCUT2D eigenvalue weighted by atomic mass is 16.5. The van der Waals surface area contributed by atoms with Crippen molar-refractivity contribution in [2.45, 2.75) is 6.17 Å². The topological polar surface area (TPSA) is 76.8 Å². The van der Waals surface area contributed by atoms with Crippen LogP contribution in [-0.2, 0) is 0 Å². The van der Waals surface area contributed by atoms with Gasteiger partial charge in [0.25, 0.3) is 0 Å². The van der Waals surface area contributed by atoms with E-state index in [2.05, 4.69) is 5.32 Å². The molecular weight excluding hydrogens is 294 g/mol. The Morgan fingerprint density at radius 3 is 2.70 bits per heavy atom. The van der Waals surface area contributed by atoms with Crippen LogP contribution in [-0.4, -0.2) is 31.1 Å². The van der Waals surface area contributed by atoms with E-state index in [1.165, 1.54) is 0 Å². The molecule has 2 aromatic carbocycles. The van der Waals surface area contributed by atoms with Crippen molar-refractivity contribution in [2.24, 2.45) is 5.73 Å². The van der Waals surface area contributed by atoms with Gasteiger partial charge in [-0.2, -0.15) is 0 Å². The van der Waals surface area contributed by atoms with Gasteiger partial charge in [-0.25, -0.2) is 4.79 Å². The van der Waals surface area contributed by atoms with E-state index in [-0.39, 0.29) is 6.17 Å². The lowest BCUT2D eigenvalue weighted by Crippen LogP contribution is -2.37. The quantitative estimate of drug-likeness (QED) is 0.909. The average molecular weight is 313 g/mol. The van der Waals surface area contributed by atoms with E-state index in [0.717, 1.165) is 11.3 Å². The predicted octanol–water partition coefficient (Wildman–Crippen LogP) is 2.47. The molecule has 1 unspecified atom stereocenters. The number of urea groups is 1. The average Bonchev–Trinajstić information content (AvgIpc) is 3.06. The molecule has 1 atom stereocenters.